The van der Waals surface area contributed by atoms with Gasteiger partial charge < -0.3 is 15.1 Å². The third-order valence-corrected chi connectivity index (χ3v) is 4.82. The molecule has 2 aromatic carbocycles. The number of hydrogen-bond acceptors (Lipinski definition) is 3. The van der Waals surface area contributed by atoms with Gasteiger partial charge in [-0.05, 0) is 42.8 Å². The SMILES string of the molecule is Cc1ccc(N2CC(C(=O)Nc3cc(Cl)ccc3N(C)C)CC2=O)c(F)c1. The van der Waals surface area contributed by atoms with Crippen LogP contribution in [0.5, 0.6) is 0 Å². The summed E-state index contributed by atoms with van der Waals surface area (Å²) >= 11 is 6.05. The Kier molecular flexibility index (Phi) is 5.37. The van der Waals surface area contributed by atoms with Crippen LogP contribution in [0.3, 0.4) is 0 Å². The van der Waals surface area contributed by atoms with Crippen molar-refractivity contribution in [2.45, 2.75) is 13.3 Å². The molecule has 142 valence electrons. The van der Waals surface area contributed by atoms with E-state index in [9.17, 15) is 14.0 Å². The van der Waals surface area contributed by atoms with E-state index in [1.54, 1.807) is 31.2 Å². The lowest BCUT2D eigenvalue weighted by atomic mass is 10.1. The highest BCUT2D eigenvalue weighted by Crippen LogP contribution is 2.31. The molecule has 0 radical (unpaired) electrons. The molecule has 0 spiro atoms. The first-order valence-corrected chi connectivity index (χ1v) is 8.98. The molecule has 1 aliphatic rings. The Morgan fingerprint density at radius 2 is 2.00 bits per heavy atom. The van der Waals surface area contributed by atoms with Crippen LogP contribution in [0.1, 0.15) is 12.0 Å². The lowest BCUT2D eigenvalue weighted by molar-refractivity contribution is -0.122. The Morgan fingerprint density at radius 1 is 1.26 bits per heavy atom. The molecule has 2 amide bonds. The van der Waals surface area contributed by atoms with Gasteiger partial charge in [0.2, 0.25) is 11.8 Å². The van der Waals surface area contributed by atoms with Crippen molar-refractivity contribution in [2.24, 2.45) is 5.92 Å². The minimum atomic E-state index is -0.563. The summed E-state index contributed by atoms with van der Waals surface area (Å²) in [7, 11) is 3.72. The highest BCUT2D eigenvalue weighted by Gasteiger charge is 2.36. The lowest BCUT2D eigenvalue weighted by Gasteiger charge is -2.20. The predicted molar refractivity (Wildman–Crippen MR) is 106 cm³/mol. The summed E-state index contributed by atoms with van der Waals surface area (Å²) in [4.78, 5) is 28.3. The first-order valence-electron chi connectivity index (χ1n) is 8.60. The fourth-order valence-corrected chi connectivity index (χ4v) is 3.35. The number of rotatable bonds is 4. The first-order chi connectivity index (χ1) is 12.8. The fourth-order valence-electron chi connectivity index (χ4n) is 3.18. The highest BCUT2D eigenvalue weighted by molar-refractivity contribution is 6.31. The van der Waals surface area contributed by atoms with Crippen LogP contribution in [-0.2, 0) is 9.59 Å². The second kappa shape index (κ2) is 7.56. The second-order valence-electron chi connectivity index (χ2n) is 6.91. The molecule has 27 heavy (non-hydrogen) atoms. The van der Waals surface area contributed by atoms with Crippen molar-refractivity contribution in [3.8, 4) is 0 Å². The molecule has 1 fully saturated rings. The van der Waals surface area contributed by atoms with Crippen molar-refractivity contribution in [1.82, 2.24) is 0 Å². The van der Waals surface area contributed by atoms with Crippen LogP contribution in [0.15, 0.2) is 36.4 Å². The van der Waals surface area contributed by atoms with Gasteiger partial charge in [0.25, 0.3) is 0 Å². The van der Waals surface area contributed by atoms with Gasteiger partial charge >= 0.3 is 0 Å². The number of benzene rings is 2. The minimum Gasteiger partial charge on any atom is -0.376 e. The summed E-state index contributed by atoms with van der Waals surface area (Å²) in [6.45, 7) is 1.92. The highest BCUT2D eigenvalue weighted by atomic mass is 35.5. The van der Waals surface area contributed by atoms with Crippen molar-refractivity contribution in [3.63, 3.8) is 0 Å². The topological polar surface area (TPSA) is 52.7 Å². The number of carbonyl (C=O) groups excluding carboxylic acids is 2. The molecule has 0 aliphatic carbocycles. The van der Waals surface area contributed by atoms with Crippen LogP contribution in [-0.4, -0.2) is 32.5 Å². The Labute approximate surface area is 162 Å². The number of anilines is 3. The molecular formula is C20H21ClFN3O2. The number of nitrogens with one attached hydrogen (secondary N) is 1. The molecule has 7 heteroatoms. The third kappa shape index (κ3) is 4.06. The maximum atomic E-state index is 14.2. The molecule has 1 atom stereocenters. The average molecular weight is 390 g/mol. The molecular weight excluding hydrogens is 369 g/mol. The summed E-state index contributed by atoms with van der Waals surface area (Å²) in [5, 5.41) is 3.35. The van der Waals surface area contributed by atoms with Crippen molar-refractivity contribution in [1.29, 1.82) is 0 Å². The molecule has 1 N–H and O–H groups in total. The summed E-state index contributed by atoms with van der Waals surface area (Å²) < 4.78 is 14.2. The van der Waals surface area contributed by atoms with E-state index in [1.807, 2.05) is 25.1 Å². The number of hydrogen-bond donors (Lipinski definition) is 1. The first kappa shape index (κ1) is 19.2. The predicted octanol–water partition coefficient (Wildman–Crippen LogP) is 3.85. The minimum absolute atomic E-state index is 0.0387. The van der Waals surface area contributed by atoms with E-state index in [1.165, 1.54) is 11.0 Å². The van der Waals surface area contributed by atoms with Crippen molar-refractivity contribution in [2.75, 3.05) is 35.8 Å². The summed E-state index contributed by atoms with van der Waals surface area (Å²) in [5.41, 5.74) is 2.36. The van der Waals surface area contributed by atoms with E-state index >= 15 is 0 Å². The maximum Gasteiger partial charge on any atom is 0.229 e. The number of amides is 2. The van der Waals surface area contributed by atoms with Gasteiger partial charge in [-0.15, -0.1) is 0 Å². The van der Waals surface area contributed by atoms with Crippen molar-refractivity contribution < 1.29 is 14.0 Å². The van der Waals surface area contributed by atoms with Gasteiger partial charge in [-0.25, -0.2) is 4.39 Å². The quantitative estimate of drug-likeness (QED) is 0.864. The molecule has 1 saturated heterocycles. The van der Waals surface area contributed by atoms with E-state index in [0.29, 0.717) is 10.7 Å². The normalized spacial score (nSPS) is 16.6. The van der Waals surface area contributed by atoms with E-state index < -0.39 is 11.7 Å². The molecule has 0 bridgehead atoms. The van der Waals surface area contributed by atoms with E-state index in [0.717, 1.165) is 11.3 Å². The Balaban J connectivity index is 1.78. The zero-order chi connectivity index (χ0) is 19.7. The third-order valence-electron chi connectivity index (χ3n) is 4.59. The van der Waals surface area contributed by atoms with Gasteiger partial charge in [-0.3, -0.25) is 9.59 Å². The largest absolute Gasteiger partial charge is 0.376 e. The molecule has 2 aromatic rings. The van der Waals surface area contributed by atoms with E-state index in [4.69, 9.17) is 11.6 Å². The van der Waals surface area contributed by atoms with Crippen LogP contribution in [0.4, 0.5) is 21.5 Å². The van der Waals surface area contributed by atoms with Crippen LogP contribution in [0.25, 0.3) is 0 Å². The lowest BCUT2D eigenvalue weighted by Crippen LogP contribution is -2.29. The van der Waals surface area contributed by atoms with Gasteiger partial charge in [0.05, 0.1) is 23.0 Å². The number of halogens is 2. The van der Waals surface area contributed by atoms with E-state index in [2.05, 4.69) is 5.32 Å². The molecule has 0 aromatic heterocycles. The molecule has 5 nitrogen and oxygen atoms in total. The maximum absolute atomic E-state index is 14.2. The Morgan fingerprint density at radius 3 is 2.67 bits per heavy atom. The molecule has 3 rings (SSSR count). The number of nitrogens with zero attached hydrogens (tertiary/aromatic N) is 2. The monoisotopic (exact) mass is 389 g/mol. The van der Waals surface area contributed by atoms with Crippen molar-refractivity contribution >= 4 is 40.5 Å². The fraction of sp³-hybridized carbons (Fsp3) is 0.300. The molecule has 0 saturated carbocycles. The van der Waals surface area contributed by atoms with Gasteiger partial charge in [0.15, 0.2) is 0 Å². The average Bonchev–Trinajstić information content (AvgIpc) is 2.96. The van der Waals surface area contributed by atoms with Crippen LogP contribution < -0.4 is 15.1 Å². The Hall–Kier alpha value is -2.60. The standard InChI is InChI=1S/C20H21ClFN3O2/c1-12-4-6-17(15(22)8-12)25-11-13(9-19(25)26)20(27)23-16-10-14(21)5-7-18(16)24(2)3/h4-8,10,13H,9,11H2,1-3H3,(H,23,27). The Bertz CT molecular complexity index is 901. The summed E-state index contributed by atoms with van der Waals surface area (Å²) in [6.07, 6.45) is 0.0387. The van der Waals surface area contributed by atoms with Crippen molar-refractivity contribution in [3.05, 3.63) is 52.8 Å². The molecule has 1 aliphatic heterocycles. The second-order valence-corrected chi connectivity index (χ2v) is 7.34. The molecule has 1 heterocycles. The van der Waals surface area contributed by atoms with Crippen LogP contribution in [0.2, 0.25) is 5.02 Å². The summed E-state index contributed by atoms with van der Waals surface area (Å²) in [6, 6.07) is 9.92. The summed E-state index contributed by atoms with van der Waals surface area (Å²) in [5.74, 6) is -1.58. The smallest absolute Gasteiger partial charge is 0.229 e. The number of carbonyl (C=O) groups is 2. The zero-order valence-corrected chi connectivity index (χ0v) is 16.2. The molecule has 1 unspecified atom stereocenters. The van der Waals surface area contributed by atoms with E-state index in [-0.39, 0.29) is 30.5 Å². The van der Waals surface area contributed by atoms with Gasteiger partial charge in [0.1, 0.15) is 5.82 Å². The van der Waals surface area contributed by atoms with Gasteiger partial charge in [0, 0.05) is 32.1 Å². The van der Waals surface area contributed by atoms with Crippen LogP contribution in [0, 0.1) is 18.7 Å². The van der Waals surface area contributed by atoms with Crippen LogP contribution >= 0.6 is 11.6 Å². The van der Waals surface area contributed by atoms with Gasteiger partial charge in [-0.1, -0.05) is 17.7 Å². The van der Waals surface area contributed by atoms with Gasteiger partial charge in [-0.2, -0.15) is 0 Å². The zero-order valence-electron chi connectivity index (χ0n) is 15.4. The number of aryl methyl sites for hydroxylation is 1.